The number of anilines is 1. The first-order chi connectivity index (χ1) is 5.77. The van der Waals surface area contributed by atoms with Crippen molar-refractivity contribution in [3.05, 3.63) is 18.2 Å². The van der Waals surface area contributed by atoms with E-state index in [0.29, 0.717) is 5.75 Å². The summed E-state index contributed by atoms with van der Waals surface area (Å²) in [6.45, 7) is 2.95. The van der Waals surface area contributed by atoms with Gasteiger partial charge in [-0.3, -0.25) is 0 Å². The summed E-state index contributed by atoms with van der Waals surface area (Å²) in [4.78, 5) is 0.911. The maximum atomic E-state index is 9.35. The molecule has 0 aliphatic heterocycles. The summed E-state index contributed by atoms with van der Waals surface area (Å²) in [5.74, 6) is 0.351. The Morgan fingerprint density at radius 2 is 2.25 bits per heavy atom. The Labute approximate surface area is 77.0 Å². The summed E-state index contributed by atoms with van der Waals surface area (Å²) in [6, 6.07) is 5.53. The smallest absolute Gasteiger partial charge is 0.129 e. The summed E-state index contributed by atoms with van der Waals surface area (Å²) < 4.78 is 0. The van der Waals surface area contributed by atoms with Crippen LogP contribution in [0.25, 0.3) is 0 Å². The molecule has 0 unspecified atom stereocenters. The van der Waals surface area contributed by atoms with Crippen LogP contribution in [0.2, 0.25) is 0 Å². The van der Waals surface area contributed by atoms with E-state index in [2.05, 4.69) is 5.32 Å². The van der Waals surface area contributed by atoms with Gasteiger partial charge in [-0.1, -0.05) is 0 Å². The zero-order valence-corrected chi connectivity index (χ0v) is 8.11. The maximum Gasteiger partial charge on any atom is 0.129 e. The van der Waals surface area contributed by atoms with Gasteiger partial charge < -0.3 is 10.4 Å². The van der Waals surface area contributed by atoms with Crippen molar-refractivity contribution in [3.63, 3.8) is 0 Å². The Kier molecular flexibility index (Phi) is 3.29. The number of hydrogen-bond donors (Lipinski definition) is 2. The second-order valence-corrected chi connectivity index (χ2v) is 3.27. The van der Waals surface area contributed by atoms with Crippen molar-refractivity contribution in [3.8, 4) is 5.75 Å². The monoisotopic (exact) mass is 183 g/mol. The summed E-state index contributed by atoms with van der Waals surface area (Å²) in [5.41, 5.74) is 1.06. The molecule has 1 aromatic carbocycles. The van der Waals surface area contributed by atoms with Crippen molar-refractivity contribution in [1.29, 1.82) is 0 Å². The molecule has 0 amide bonds. The first-order valence-corrected chi connectivity index (χ1v) is 5.11. The van der Waals surface area contributed by atoms with Crippen molar-refractivity contribution in [1.82, 2.24) is 0 Å². The molecule has 0 aliphatic rings. The van der Waals surface area contributed by atoms with E-state index in [4.69, 9.17) is 0 Å². The van der Waals surface area contributed by atoms with Crippen molar-refractivity contribution in [2.75, 3.05) is 18.1 Å². The average Bonchev–Trinajstić information content (AvgIpc) is 2.09. The number of phenolic OH excluding ortho intramolecular Hbond substituents is 1. The lowest BCUT2D eigenvalue weighted by molar-refractivity contribution is 0.462. The van der Waals surface area contributed by atoms with E-state index in [-0.39, 0.29) is 0 Å². The molecule has 2 N–H and O–H groups in total. The molecule has 1 rings (SSSR count). The van der Waals surface area contributed by atoms with Crippen molar-refractivity contribution >= 4 is 17.4 Å². The lowest BCUT2D eigenvalue weighted by Crippen LogP contribution is -1.95. The number of aromatic hydroxyl groups is 1. The molecule has 0 saturated heterocycles. The van der Waals surface area contributed by atoms with E-state index in [9.17, 15) is 5.11 Å². The van der Waals surface area contributed by atoms with Gasteiger partial charge in [-0.25, -0.2) is 0 Å². The Morgan fingerprint density at radius 1 is 1.50 bits per heavy atom. The minimum absolute atomic E-state index is 0.351. The molecule has 12 heavy (non-hydrogen) atoms. The molecule has 0 atom stereocenters. The molecule has 0 saturated carbocycles. The van der Waals surface area contributed by atoms with Crippen LogP contribution in [0.5, 0.6) is 5.75 Å². The number of hydrogen-bond acceptors (Lipinski definition) is 3. The van der Waals surface area contributed by atoms with Gasteiger partial charge in [-0.2, -0.15) is 0 Å². The topological polar surface area (TPSA) is 32.3 Å². The third-order valence-corrected chi connectivity index (χ3v) is 2.33. The van der Waals surface area contributed by atoms with Gasteiger partial charge in [0.25, 0.3) is 0 Å². The predicted molar refractivity (Wildman–Crippen MR) is 54.1 cm³/mol. The second kappa shape index (κ2) is 4.26. The molecule has 0 heterocycles. The largest absolute Gasteiger partial charge is 0.507 e. The minimum Gasteiger partial charge on any atom is -0.507 e. The Hall–Kier alpha value is -0.830. The van der Waals surface area contributed by atoms with Gasteiger partial charge in [0.15, 0.2) is 0 Å². The quantitative estimate of drug-likeness (QED) is 0.558. The Balaban J connectivity index is 2.89. The van der Waals surface area contributed by atoms with Gasteiger partial charge in [-0.05, 0) is 31.4 Å². The lowest BCUT2D eigenvalue weighted by atomic mass is 10.3. The fourth-order valence-corrected chi connectivity index (χ4v) is 1.51. The van der Waals surface area contributed by atoms with E-state index in [0.717, 1.165) is 17.1 Å². The zero-order chi connectivity index (χ0) is 8.97. The van der Waals surface area contributed by atoms with Gasteiger partial charge >= 0.3 is 0 Å². The standard InChI is InChI=1S/C9H13NOS/c1-3-10-7-4-5-8(11)9(6-7)12-2/h4-6,10-11H,3H2,1-2H3. The number of rotatable bonds is 3. The highest BCUT2D eigenvalue weighted by molar-refractivity contribution is 7.98. The van der Waals surface area contributed by atoms with Crippen LogP contribution in [0.4, 0.5) is 5.69 Å². The van der Waals surface area contributed by atoms with Gasteiger partial charge in [0.1, 0.15) is 5.75 Å². The molecule has 0 fully saturated rings. The first kappa shape index (κ1) is 9.26. The molecule has 66 valence electrons. The Bertz CT molecular complexity index is 263. The minimum atomic E-state index is 0.351. The summed E-state index contributed by atoms with van der Waals surface area (Å²) in [5, 5.41) is 12.5. The number of phenols is 1. The molecule has 0 aromatic heterocycles. The third-order valence-electron chi connectivity index (χ3n) is 1.56. The molecule has 2 nitrogen and oxygen atoms in total. The van der Waals surface area contributed by atoms with Crippen molar-refractivity contribution < 1.29 is 5.11 Å². The van der Waals surface area contributed by atoms with Crippen LogP contribution in [0.1, 0.15) is 6.92 Å². The third kappa shape index (κ3) is 2.08. The number of thioether (sulfide) groups is 1. The average molecular weight is 183 g/mol. The molecule has 0 aliphatic carbocycles. The zero-order valence-electron chi connectivity index (χ0n) is 7.29. The van der Waals surface area contributed by atoms with Crippen LogP contribution in [-0.4, -0.2) is 17.9 Å². The first-order valence-electron chi connectivity index (χ1n) is 3.88. The van der Waals surface area contributed by atoms with E-state index >= 15 is 0 Å². The maximum absolute atomic E-state index is 9.35. The normalized spacial score (nSPS) is 9.83. The molecule has 3 heteroatoms. The van der Waals surface area contributed by atoms with Gasteiger partial charge in [0, 0.05) is 12.2 Å². The molecular formula is C9H13NOS. The van der Waals surface area contributed by atoms with Crippen LogP contribution in [0.3, 0.4) is 0 Å². The highest BCUT2D eigenvalue weighted by Crippen LogP contribution is 2.28. The van der Waals surface area contributed by atoms with Crippen LogP contribution < -0.4 is 5.32 Å². The van der Waals surface area contributed by atoms with Gasteiger partial charge in [0.2, 0.25) is 0 Å². The van der Waals surface area contributed by atoms with Gasteiger partial charge in [-0.15, -0.1) is 11.8 Å². The highest BCUT2D eigenvalue weighted by atomic mass is 32.2. The molecule has 0 bridgehead atoms. The number of nitrogens with one attached hydrogen (secondary N) is 1. The second-order valence-electron chi connectivity index (χ2n) is 2.42. The van der Waals surface area contributed by atoms with Crippen LogP contribution in [-0.2, 0) is 0 Å². The SMILES string of the molecule is CCNc1ccc(O)c(SC)c1. The fraction of sp³-hybridized carbons (Fsp3) is 0.333. The van der Waals surface area contributed by atoms with E-state index in [1.165, 1.54) is 0 Å². The molecular weight excluding hydrogens is 170 g/mol. The van der Waals surface area contributed by atoms with Crippen LogP contribution >= 0.6 is 11.8 Å². The van der Waals surface area contributed by atoms with Crippen LogP contribution in [0, 0.1) is 0 Å². The molecule has 1 aromatic rings. The summed E-state index contributed by atoms with van der Waals surface area (Å²) in [6.07, 6.45) is 1.95. The summed E-state index contributed by atoms with van der Waals surface area (Å²) >= 11 is 1.55. The van der Waals surface area contributed by atoms with Crippen LogP contribution in [0.15, 0.2) is 23.1 Å². The van der Waals surface area contributed by atoms with Crippen molar-refractivity contribution in [2.24, 2.45) is 0 Å². The highest BCUT2D eigenvalue weighted by Gasteiger charge is 1.99. The van der Waals surface area contributed by atoms with Crippen molar-refractivity contribution in [2.45, 2.75) is 11.8 Å². The molecule has 0 spiro atoms. The predicted octanol–water partition coefficient (Wildman–Crippen LogP) is 2.55. The summed E-state index contributed by atoms with van der Waals surface area (Å²) in [7, 11) is 0. The molecule has 0 radical (unpaired) electrons. The lowest BCUT2D eigenvalue weighted by Gasteiger charge is -2.06. The van der Waals surface area contributed by atoms with E-state index in [1.807, 2.05) is 25.3 Å². The number of benzene rings is 1. The van der Waals surface area contributed by atoms with E-state index in [1.54, 1.807) is 17.8 Å². The van der Waals surface area contributed by atoms with E-state index < -0.39 is 0 Å². The van der Waals surface area contributed by atoms with Gasteiger partial charge in [0.05, 0.1) is 4.90 Å². The Morgan fingerprint density at radius 3 is 2.83 bits per heavy atom. The fourth-order valence-electron chi connectivity index (χ4n) is 0.992.